The zero-order valence-corrected chi connectivity index (χ0v) is 19.3. The highest BCUT2D eigenvalue weighted by Crippen LogP contribution is 2.45. The number of hydrogen-bond acceptors (Lipinski definition) is 5. The first kappa shape index (κ1) is 25.9. The minimum atomic E-state index is -4.83. The molecule has 1 amide bonds. The van der Waals surface area contributed by atoms with Crippen molar-refractivity contribution >= 4 is 17.5 Å². The van der Waals surface area contributed by atoms with Crippen LogP contribution in [0.5, 0.6) is 0 Å². The fourth-order valence-corrected chi connectivity index (χ4v) is 4.52. The molecule has 0 saturated heterocycles. The van der Waals surface area contributed by atoms with Crippen LogP contribution < -0.4 is 5.32 Å². The summed E-state index contributed by atoms with van der Waals surface area (Å²) >= 11 is 5.86. The first-order chi connectivity index (χ1) is 16.9. The molecule has 6 nitrogen and oxygen atoms in total. The number of hydrogen-bond donors (Lipinski definition) is 2. The molecule has 190 valence electrons. The molecule has 0 radical (unpaired) electrons. The monoisotopic (exact) mass is 526 g/mol. The Hall–Kier alpha value is -3.18. The van der Waals surface area contributed by atoms with E-state index in [0.29, 0.717) is 22.9 Å². The summed E-state index contributed by atoms with van der Waals surface area (Å²) in [5, 5.41) is 13.0. The number of nitrogens with one attached hydrogen (secondary N) is 1. The van der Waals surface area contributed by atoms with Gasteiger partial charge in [0, 0.05) is 37.0 Å². The quantitative estimate of drug-likeness (QED) is 0.421. The normalized spacial score (nSPS) is 17.9. The largest absolute Gasteiger partial charge is 0.417 e. The molecule has 2 heterocycles. The van der Waals surface area contributed by atoms with Crippen molar-refractivity contribution in [2.24, 2.45) is 0 Å². The molecular weight excluding hydrogens is 507 g/mol. The van der Waals surface area contributed by atoms with Crippen LogP contribution in [0.15, 0.2) is 55.1 Å². The van der Waals surface area contributed by atoms with E-state index in [0.717, 1.165) is 6.20 Å². The highest BCUT2D eigenvalue weighted by Gasteiger charge is 2.48. The first-order valence-electron chi connectivity index (χ1n) is 10.9. The molecule has 1 aromatic carbocycles. The van der Waals surface area contributed by atoms with Gasteiger partial charge in [0.2, 0.25) is 5.92 Å². The van der Waals surface area contributed by atoms with Crippen LogP contribution in [-0.4, -0.2) is 37.5 Å². The number of pyridine rings is 1. The molecule has 1 fully saturated rings. The molecule has 0 spiro atoms. The van der Waals surface area contributed by atoms with Gasteiger partial charge in [-0.05, 0) is 30.5 Å². The second-order valence-electron chi connectivity index (χ2n) is 8.60. The fraction of sp³-hybridized carbons (Fsp3) is 0.333. The van der Waals surface area contributed by atoms with Crippen molar-refractivity contribution in [3.05, 3.63) is 77.0 Å². The van der Waals surface area contributed by atoms with E-state index in [1.165, 1.54) is 18.6 Å². The van der Waals surface area contributed by atoms with Gasteiger partial charge in [-0.25, -0.2) is 13.8 Å². The van der Waals surface area contributed by atoms with Crippen molar-refractivity contribution in [2.75, 3.05) is 0 Å². The van der Waals surface area contributed by atoms with E-state index >= 15 is 0 Å². The number of alkyl halides is 5. The van der Waals surface area contributed by atoms with Gasteiger partial charge in [-0.2, -0.15) is 13.2 Å². The van der Waals surface area contributed by atoms with Crippen LogP contribution in [0, 0.1) is 0 Å². The summed E-state index contributed by atoms with van der Waals surface area (Å²) in [4.78, 5) is 25.0. The number of amides is 1. The highest BCUT2D eigenvalue weighted by atomic mass is 35.5. The number of benzene rings is 1. The molecule has 1 unspecified atom stereocenters. The molecule has 0 aliphatic heterocycles. The molecule has 2 aromatic heterocycles. The van der Waals surface area contributed by atoms with Gasteiger partial charge in [0.05, 0.1) is 34.1 Å². The van der Waals surface area contributed by atoms with Crippen molar-refractivity contribution in [1.82, 2.24) is 20.3 Å². The SMILES string of the molecule is O=C(NC(c1cccc(-c2cnccn2)c1)C1(O)CCC(F)(F)CC1)c1nccc(C(F)(F)F)c1Cl. The van der Waals surface area contributed by atoms with Gasteiger partial charge in [-0.15, -0.1) is 0 Å². The highest BCUT2D eigenvalue weighted by molar-refractivity contribution is 6.34. The number of nitrogens with zero attached hydrogens (tertiary/aromatic N) is 3. The molecule has 4 rings (SSSR count). The van der Waals surface area contributed by atoms with Crippen molar-refractivity contribution in [2.45, 2.75) is 49.4 Å². The van der Waals surface area contributed by atoms with Gasteiger partial charge < -0.3 is 10.4 Å². The van der Waals surface area contributed by atoms with Crippen LogP contribution in [0.1, 0.15) is 53.3 Å². The van der Waals surface area contributed by atoms with E-state index in [9.17, 15) is 31.9 Å². The molecule has 2 N–H and O–H groups in total. The summed E-state index contributed by atoms with van der Waals surface area (Å²) in [6.45, 7) is 0. The molecule has 1 aliphatic rings. The number of halogens is 6. The second-order valence-corrected chi connectivity index (χ2v) is 8.98. The Kier molecular flexibility index (Phi) is 6.98. The van der Waals surface area contributed by atoms with Crippen LogP contribution >= 0.6 is 11.6 Å². The lowest BCUT2D eigenvalue weighted by atomic mass is 9.75. The molecule has 0 bridgehead atoms. The standard InChI is InChI=1S/C24H20ClF5N4O2/c25-18-16(24(28,29)30)4-9-33-19(18)21(35)34-20(22(36)5-7-23(26,27)8-6-22)15-3-1-2-14(12-15)17-13-31-10-11-32-17/h1-4,9-13,20,36H,5-8H2,(H,34,35). The number of carbonyl (C=O) groups excluding carboxylic acids is 1. The van der Waals surface area contributed by atoms with E-state index in [-0.39, 0.29) is 12.8 Å². The Balaban J connectivity index is 1.73. The second kappa shape index (κ2) is 9.70. The molecule has 1 saturated carbocycles. The number of aromatic nitrogens is 3. The summed E-state index contributed by atoms with van der Waals surface area (Å²) in [7, 11) is 0. The molecule has 1 atom stereocenters. The Morgan fingerprint density at radius 2 is 1.78 bits per heavy atom. The van der Waals surface area contributed by atoms with Crippen molar-refractivity contribution in [3.8, 4) is 11.3 Å². The van der Waals surface area contributed by atoms with Crippen LogP contribution in [0.4, 0.5) is 22.0 Å². The summed E-state index contributed by atoms with van der Waals surface area (Å²) in [6.07, 6.45) is -1.55. The van der Waals surface area contributed by atoms with Gasteiger partial charge in [-0.1, -0.05) is 29.8 Å². The van der Waals surface area contributed by atoms with Crippen LogP contribution in [0.2, 0.25) is 5.02 Å². The molecular formula is C24H20ClF5N4O2. The predicted octanol–water partition coefficient (Wildman–Crippen LogP) is 5.62. The molecule has 3 aromatic rings. The van der Waals surface area contributed by atoms with Gasteiger partial charge >= 0.3 is 6.18 Å². The maximum absolute atomic E-state index is 13.9. The van der Waals surface area contributed by atoms with Crippen molar-refractivity contribution in [1.29, 1.82) is 0 Å². The summed E-state index contributed by atoms with van der Waals surface area (Å²) in [5.74, 6) is -4.07. The minimum Gasteiger partial charge on any atom is -0.387 e. The third kappa shape index (κ3) is 5.46. The van der Waals surface area contributed by atoms with Gasteiger partial charge in [-0.3, -0.25) is 14.8 Å². The fourth-order valence-electron chi connectivity index (χ4n) is 4.21. The van der Waals surface area contributed by atoms with Gasteiger partial charge in [0.25, 0.3) is 5.91 Å². The van der Waals surface area contributed by atoms with Gasteiger partial charge in [0.1, 0.15) is 5.69 Å². The summed E-state index contributed by atoms with van der Waals surface area (Å²) in [6, 6.07) is 5.87. The lowest BCUT2D eigenvalue weighted by Crippen LogP contribution is -2.50. The molecule has 1 aliphatic carbocycles. The predicted molar refractivity (Wildman–Crippen MR) is 120 cm³/mol. The van der Waals surface area contributed by atoms with Crippen molar-refractivity contribution < 1.29 is 31.9 Å². The zero-order valence-electron chi connectivity index (χ0n) is 18.6. The van der Waals surface area contributed by atoms with E-state index in [2.05, 4.69) is 20.3 Å². The summed E-state index contributed by atoms with van der Waals surface area (Å²) < 4.78 is 67.6. The van der Waals surface area contributed by atoms with E-state index in [4.69, 9.17) is 11.6 Å². The minimum absolute atomic E-state index is 0.335. The number of carbonyl (C=O) groups is 1. The third-order valence-corrected chi connectivity index (χ3v) is 6.53. The first-order valence-corrected chi connectivity index (χ1v) is 11.3. The third-order valence-electron chi connectivity index (χ3n) is 6.15. The lowest BCUT2D eigenvalue weighted by molar-refractivity contribution is -0.137. The smallest absolute Gasteiger partial charge is 0.387 e. The van der Waals surface area contributed by atoms with E-state index in [1.807, 2.05) is 0 Å². The van der Waals surface area contributed by atoms with Gasteiger partial charge in [0.15, 0.2) is 0 Å². The Morgan fingerprint density at radius 1 is 1.06 bits per heavy atom. The van der Waals surface area contributed by atoms with Crippen LogP contribution in [0.25, 0.3) is 11.3 Å². The number of rotatable bonds is 5. The lowest BCUT2D eigenvalue weighted by Gasteiger charge is -2.42. The maximum Gasteiger partial charge on any atom is 0.417 e. The summed E-state index contributed by atoms with van der Waals surface area (Å²) in [5.41, 5.74) is -2.38. The number of aliphatic hydroxyl groups is 1. The van der Waals surface area contributed by atoms with Crippen LogP contribution in [0.3, 0.4) is 0 Å². The molecule has 36 heavy (non-hydrogen) atoms. The molecule has 12 heteroatoms. The average molecular weight is 527 g/mol. The Morgan fingerprint density at radius 3 is 2.42 bits per heavy atom. The van der Waals surface area contributed by atoms with E-state index < -0.39 is 58.8 Å². The topological polar surface area (TPSA) is 88.0 Å². The zero-order chi connectivity index (χ0) is 26.1. The Bertz CT molecular complexity index is 1250. The Labute approximate surface area is 207 Å². The van der Waals surface area contributed by atoms with E-state index in [1.54, 1.807) is 24.3 Å². The van der Waals surface area contributed by atoms with Crippen molar-refractivity contribution in [3.63, 3.8) is 0 Å². The maximum atomic E-state index is 13.9. The van der Waals surface area contributed by atoms with Crippen LogP contribution in [-0.2, 0) is 6.18 Å². The average Bonchev–Trinajstić information content (AvgIpc) is 2.84.